The zero-order valence-corrected chi connectivity index (χ0v) is 20.5. The Morgan fingerprint density at radius 2 is 1.59 bits per heavy atom. The molecule has 1 atom stereocenters. The fourth-order valence-corrected chi connectivity index (χ4v) is 3.84. The summed E-state index contributed by atoms with van der Waals surface area (Å²) >= 11 is 0. The van der Waals surface area contributed by atoms with Crippen LogP contribution in [0.1, 0.15) is 34.7 Å². The van der Waals surface area contributed by atoms with Crippen molar-refractivity contribution in [3.05, 3.63) is 101 Å². The number of hydrogen-bond acceptors (Lipinski definition) is 3. The van der Waals surface area contributed by atoms with Gasteiger partial charge in [0.05, 0.1) is 0 Å². The van der Waals surface area contributed by atoms with Crippen LogP contribution in [0, 0.1) is 20.8 Å². The van der Waals surface area contributed by atoms with Crippen LogP contribution in [0.3, 0.4) is 0 Å². The van der Waals surface area contributed by atoms with Crippen molar-refractivity contribution in [1.29, 1.82) is 0 Å². The molecule has 0 radical (unpaired) electrons. The van der Waals surface area contributed by atoms with Gasteiger partial charge in [-0.25, -0.2) is 0 Å². The lowest BCUT2D eigenvalue weighted by molar-refractivity contribution is -0.142. The lowest BCUT2D eigenvalue weighted by Gasteiger charge is -2.31. The van der Waals surface area contributed by atoms with E-state index in [9.17, 15) is 9.59 Å². The molecule has 0 spiro atoms. The molecule has 0 saturated carbocycles. The zero-order chi connectivity index (χ0) is 24.5. The van der Waals surface area contributed by atoms with Gasteiger partial charge in [0, 0.05) is 19.5 Å². The molecule has 0 aliphatic rings. The maximum absolute atomic E-state index is 13.5. The zero-order valence-electron chi connectivity index (χ0n) is 20.5. The number of benzene rings is 3. The van der Waals surface area contributed by atoms with E-state index in [-0.39, 0.29) is 18.4 Å². The standard InChI is InChI=1S/C29H34N2O3/c1-5-30-29(33)26(18-24-11-7-6-8-12-24)31(19-25-16-14-21(2)15-17-25)28(32)20-34-27-13-9-10-22(3)23(27)4/h6-17,26H,5,18-20H2,1-4H3,(H,30,33)/t26-/m1/s1. The van der Waals surface area contributed by atoms with Crippen LogP contribution in [0.15, 0.2) is 72.8 Å². The number of aryl methyl sites for hydroxylation is 2. The van der Waals surface area contributed by atoms with Gasteiger partial charge in [0.2, 0.25) is 5.91 Å². The highest BCUT2D eigenvalue weighted by atomic mass is 16.5. The molecule has 5 heteroatoms. The van der Waals surface area contributed by atoms with Gasteiger partial charge in [0.15, 0.2) is 6.61 Å². The molecular weight excluding hydrogens is 424 g/mol. The van der Waals surface area contributed by atoms with Crippen molar-refractivity contribution in [3.63, 3.8) is 0 Å². The van der Waals surface area contributed by atoms with Crippen molar-refractivity contribution in [2.75, 3.05) is 13.2 Å². The molecule has 5 nitrogen and oxygen atoms in total. The summed E-state index contributed by atoms with van der Waals surface area (Å²) in [5.74, 6) is 0.286. The molecule has 0 heterocycles. The number of carbonyl (C=O) groups is 2. The van der Waals surface area contributed by atoms with Crippen molar-refractivity contribution in [2.24, 2.45) is 0 Å². The van der Waals surface area contributed by atoms with E-state index >= 15 is 0 Å². The minimum absolute atomic E-state index is 0.138. The number of likely N-dealkylation sites (N-methyl/N-ethyl adjacent to an activating group) is 1. The van der Waals surface area contributed by atoms with Crippen LogP contribution >= 0.6 is 0 Å². The quantitative estimate of drug-likeness (QED) is 0.476. The number of hydrogen-bond donors (Lipinski definition) is 1. The lowest BCUT2D eigenvalue weighted by atomic mass is 10.0. The first-order valence-electron chi connectivity index (χ1n) is 11.7. The van der Waals surface area contributed by atoms with Gasteiger partial charge in [-0.3, -0.25) is 9.59 Å². The molecule has 0 aromatic heterocycles. The molecule has 0 aliphatic heterocycles. The van der Waals surface area contributed by atoms with Gasteiger partial charge in [-0.15, -0.1) is 0 Å². The molecule has 2 amide bonds. The van der Waals surface area contributed by atoms with Crippen LogP contribution in [-0.4, -0.2) is 35.9 Å². The molecule has 0 saturated heterocycles. The number of nitrogens with zero attached hydrogens (tertiary/aromatic N) is 1. The summed E-state index contributed by atoms with van der Waals surface area (Å²) in [7, 11) is 0. The Balaban J connectivity index is 1.90. The van der Waals surface area contributed by atoms with E-state index in [1.807, 2.05) is 100 Å². The number of nitrogens with one attached hydrogen (secondary N) is 1. The van der Waals surface area contributed by atoms with Crippen LogP contribution in [0.25, 0.3) is 0 Å². The molecule has 0 bridgehead atoms. The molecular formula is C29H34N2O3. The van der Waals surface area contributed by atoms with Crippen molar-refractivity contribution < 1.29 is 14.3 Å². The maximum Gasteiger partial charge on any atom is 0.261 e. The Morgan fingerprint density at radius 1 is 0.882 bits per heavy atom. The smallest absolute Gasteiger partial charge is 0.261 e. The SMILES string of the molecule is CCNC(=O)[C@@H](Cc1ccccc1)N(Cc1ccc(C)cc1)C(=O)COc1cccc(C)c1C. The second-order valence-corrected chi connectivity index (χ2v) is 8.59. The molecule has 3 rings (SSSR count). The Kier molecular flexibility index (Phi) is 8.86. The number of rotatable bonds is 10. The first-order chi connectivity index (χ1) is 16.4. The lowest BCUT2D eigenvalue weighted by Crippen LogP contribution is -2.51. The molecule has 3 aromatic rings. The summed E-state index contributed by atoms with van der Waals surface area (Å²) in [6, 6.07) is 23.0. The van der Waals surface area contributed by atoms with Gasteiger partial charge < -0.3 is 15.0 Å². The fraction of sp³-hybridized carbons (Fsp3) is 0.310. The van der Waals surface area contributed by atoms with Gasteiger partial charge in [-0.2, -0.15) is 0 Å². The molecule has 178 valence electrons. The molecule has 0 unspecified atom stereocenters. The third kappa shape index (κ3) is 6.70. The highest BCUT2D eigenvalue weighted by Crippen LogP contribution is 2.21. The summed E-state index contributed by atoms with van der Waals surface area (Å²) < 4.78 is 5.93. The third-order valence-corrected chi connectivity index (χ3v) is 6.00. The van der Waals surface area contributed by atoms with Crippen molar-refractivity contribution in [2.45, 2.75) is 46.7 Å². The third-order valence-electron chi connectivity index (χ3n) is 6.00. The Labute approximate surface area is 202 Å². The summed E-state index contributed by atoms with van der Waals surface area (Å²) in [6.45, 7) is 8.58. The second kappa shape index (κ2) is 12.0. The monoisotopic (exact) mass is 458 g/mol. The van der Waals surface area contributed by atoms with Gasteiger partial charge in [0.25, 0.3) is 5.91 Å². The van der Waals surface area contributed by atoms with Gasteiger partial charge in [-0.1, -0.05) is 72.3 Å². The Hall–Kier alpha value is -3.60. The first-order valence-corrected chi connectivity index (χ1v) is 11.7. The van der Waals surface area contributed by atoms with E-state index in [0.717, 1.165) is 27.8 Å². The van der Waals surface area contributed by atoms with Crippen LogP contribution < -0.4 is 10.1 Å². The van der Waals surface area contributed by atoms with E-state index in [4.69, 9.17) is 4.74 Å². The molecule has 34 heavy (non-hydrogen) atoms. The normalized spacial score (nSPS) is 11.5. The average Bonchev–Trinajstić information content (AvgIpc) is 2.84. The van der Waals surface area contributed by atoms with Crippen LogP contribution in [0.4, 0.5) is 0 Å². The number of amides is 2. The van der Waals surface area contributed by atoms with E-state index in [2.05, 4.69) is 5.32 Å². The second-order valence-electron chi connectivity index (χ2n) is 8.59. The Bertz CT molecular complexity index is 1090. The number of ether oxygens (including phenoxy) is 1. The first kappa shape index (κ1) is 25.0. The van der Waals surface area contributed by atoms with Crippen molar-refractivity contribution in [3.8, 4) is 5.75 Å². The van der Waals surface area contributed by atoms with Gasteiger partial charge >= 0.3 is 0 Å². The van der Waals surface area contributed by atoms with Gasteiger partial charge in [-0.05, 0) is 56.0 Å². The minimum atomic E-state index is -0.654. The van der Waals surface area contributed by atoms with Crippen molar-refractivity contribution >= 4 is 11.8 Å². The van der Waals surface area contributed by atoms with E-state index < -0.39 is 6.04 Å². The van der Waals surface area contributed by atoms with E-state index in [0.29, 0.717) is 25.3 Å². The predicted molar refractivity (Wildman–Crippen MR) is 136 cm³/mol. The Morgan fingerprint density at radius 3 is 2.26 bits per heavy atom. The van der Waals surface area contributed by atoms with E-state index in [1.165, 1.54) is 0 Å². The molecule has 0 fully saturated rings. The summed E-state index contributed by atoms with van der Waals surface area (Å²) in [6.07, 6.45) is 0.424. The number of carbonyl (C=O) groups excluding carboxylic acids is 2. The minimum Gasteiger partial charge on any atom is -0.483 e. The van der Waals surface area contributed by atoms with E-state index in [1.54, 1.807) is 4.90 Å². The molecule has 3 aromatic carbocycles. The molecule has 1 N–H and O–H groups in total. The fourth-order valence-electron chi connectivity index (χ4n) is 3.84. The highest BCUT2D eigenvalue weighted by Gasteiger charge is 2.30. The average molecular weight is 459 g/mol. The van der Waals surface area contributed by atoms with Crippen LogP contribution in [-0.2, 0) is 22.6 Å². The summed E-state index contributed by atoms with van der Waals surface area (Å²) in [4.78, 5) is 28.4. The highest BCUT2D eigenvalue weighted by molar-refractivity contribution is 5.88. The summed E-state index contributed by atoms with van der Waals surface area (Å²) in [5.41, 5.74) is 5.21. The van der Waals surface area contributed by atoms with Gasteiger partial charge in [0.1, 0.15) is 11.8 Å². The van der Waals surface area contributed by atoms with Crippen molar-refractivity contribution in [1.82, 2.24) is 10.2 Å². The predicted octanol–water partition coefficient (Wildman–Crippen LogP) is 4.77. The van der Waals surface area contributed by atoms with Crippen LogP contribution in [0.5, 0.6) is 5.75 Å². The maximum atomic E-state index is 13.5. The largest absolute Gasteiger partial charge is 0.483 e. The van der Waals surface area contributed by atoms with Crippen LogP contribution in [0.2, 0.25) is 0 Å². The topological polar surface area (TPSA) is 58.6 Å². The summed E-state index contributed by atoms with van der Waals surface area (Å²) in [5, 5.41) is 2.91. The molecule has 0 aliphatic carbocycles.